The number of carbonyl (C=O) groups is 1. The van der Waals surface area contributed by atoms with E-state index in [1.54, 1.807) is 0 Å². The van der Waals surface area contributed by atoms with Crippen LogP contribution in [0.5, 0.6) is 0 Å². The van der Waals surface area contributed by atoms with Gasteiger partial charge in [-0.25, -0.2) is 0 Å². The van der Waals surface area contributed by atoms with E-state index in [1.165, 1.54) is 148 Å². The molecule has 0 bridgehead atoms. The third-order valence-corrected chi connectivity index (χ3v) is 9.53. The van der Waals surface area contributed by atoms with E-state index in [2.05, 4.69) is 43.5 Å². The lowest BCUT2D eigenvalue weighted by molar-refractivity contribution is -0.124. The van der Waals surface area contributed by atoms with E-state index in [0.29, 0.717) is 12.8 Å². The van der Waals surface area contributed by atoms with Crippen LogP contribution in [0, 0.1) is 0 Å². The molecule has 278 valence electrons. The van der Waals surface area contributed by atoms with E-state index in [-0.39, 0.29) is 12.5 Å². The maximum absolute atomic E-state index is 12.4. The number of nitrogens with one attached hydrogen (secondary N) is 1. The summed E-state index contributed by atoms with van der Waals surface area (Å²) in [6.07, 6.45) is 44.2. The Kier molecular flexibility index (Phi) is 36.7. The van der Waals surface area contributed by atoms with Gasteiger partial charge in [0.15, 0.2) is 0 Å². The van der Waals surface area contributed by atoms with Gasteiger partial charge in [-0.3, -0.25) is 4.79 Å². The van der Waals surface area contributed by atoms with Crippen LogP contribution < -0.4 is 5.32 Å². The van der Waals surface area contributed by atoms with Crippen LogP contribution in [0.1, 0.15) is 213 Å². The van der Waals surface area contributed by atoms with E-state index >= 15 is 0 Å². The second-order valence-electron chi connectivity index (χ2n) is 14.2. The van der Waals surface area contributed by atoms with E-state index in [0.717, 1.165) is 38.5 Å². The van der Waals surface area contributed by atoms with Gasteiger partial charge in [-0.05, 0) is 64.2 Å². The third-order valence-electron chi connectivity index (χ3n) is 9.53. The van der Waals surface area contributed by atoms with Gasteiger partial charge in [-0.2, -0.15) is 0 Å². The van der Waals surface area contributed by atoms with Crippen molar-refractivity contribution in [1.29, 1.82) is 0 Å². The lowest BCUT2D eigenvalue weighted by atomic mass is 10.0. The fourth-order valence-corrected chi connectivity index (χ4v) is 6.27. The molecule has 0 aromatic heterocycles. The van der Waals surface area contributed by atoms with Crippen molar-refractivity contribution in [2.75, 3.05) is 6.61 Å². The maximum atomic E-state index is 12.4. The SMILES string of the molecule is CCCCCCCCCC/C=C\CCCCCCCCCC(=O)NC(CO)C(O)C(O)CCC/C=C/CCCCCCCCCCC. The highest BCUT2D eigenvalue weighted by Crippen LogP contribution is 2.14. The number of allylic oxidation sites excluding steroid dienone is 4. The number of carbonyl (C=O) groups excluding carboxylic acids is 1. The van der Waals surface area contributed by atoms with Gasteiger partial charge in [0.25, 0.3) is 0 Å². The fourth-order valence-electron chi connectivity index (χ4n) is 6.27. The van der Waals surface area contributed by atoms with Crippen molar-refractivity contribution < 1.29 is 20.1 Å². The van der Waals surface area contributed by atoms with Gasteiger partial charge in [0.1, 0.15) is 6.10 Å². The van der Waals surface area contributed by atoms with Crippen molar-refractivity contribution >= 4 is 5.91 Å². The average Bonchev–Trinajstić information content (AvgIpc) is 3.07. The molecule has 0 aliphatic heterocycles. The van der Waals surface area contributed by atoms with Crippen LogP contribution in [0.15, 0.2) is 24.3 Å². The van der Waals surface area contributed by atoms with Crippen LogP contribution in [-0.2, 0) is 4.79 Å². The summed E-state index contributed by atoms with van der Waals surface area (Å²) in [4.78, 5) is 12.4. The highest BCUT2D eigenvalue weighted by molar-refractivity contribution is 5.76. The molecule has 0 spiro atoms. The van der Waals surface area contributed by atoms with E-state index < -0.39 is 18.2 Å². The third kappa shape index (κ3) is 33.1. The molecule has 47 heavy (non-hydrogen) atoms. The van der Waals surface area contributed by atoms with Crippen LogP contribution >= 0.6 is 0 Å². The van der Waals surface area contributed by atoms with Crippen LogP contribution in [0.25, 0.3) is 0 Å². The normalized spacial score (nSPS) is 13.9. The zero-order valence-electron chi connectivity index (χ0n) is 31.4. The van der Waals surface area contributed by atoms with E-state index in [1.807, 2.05) is 0 Å². The summed E-state index contributed by atoms with van der Waals surface area (Å²) in [5.74, 6) is -0.159. The number of rotatable bonds is 37. The molecule has 4 N–H and O–H groups in total. The Morgan fingerprint density at radius 3 is 1.23 bits per heavy atom. The zero-order chi connectivity index (χ0) is 34.5. The number of hydrogen-bond acceptors (Lipinski definition) is 4. The minimum Gasteiger partial charge on any atom is -0.394 e. The van der Waals surface area contributed by atoms with E-state index in [4.69, 9.17) is 0 Å². The predicted octanol–water partition coefficient (Wildman–Crippen LogP) is 11.4. The summed E-state index contributed by atoms with van der Waals surface area (Å²) in [5, 5.41) is 33.4. The zero-order valence-corrected chi connectivity index (χ0v) is 31.4. The lowest BCUT2D eigenvalue weighted by Gasteiger charge is -2.26. The topological polar surface area (TPSA) is 89.8 Å². The summed E-state index contributed by atoms with van der Waals surface area (Å²) >= 11 is 0. The molecule has 0 fully saturated rings. The lowest BCUT2D eigenvalue weighted by Crippen LogP contribution is -2.50. The van der Waals surface area contributed by atoms with Crippen LogP contribution in [0.2, 0.25) is 0 Å². The first kappa shape index (κ1) is 45.8. The average molecular weight is 664 g/mol. The molecule has 3 atom stereocenters. The largest absolute Gasteiger partial charge is 0.394 e. The fraction of sp³-hybridized carbons (Fsp3) is 0.881. The molecule has 0 aliphatic carbocycles. The van der Waals surface area contributed by atoms with Gasteiger partial charge in [0.2, 0.25) is 5.91 Å². The van der Waals surface area contributed by atoms with Crippen molar-refractivity contribution in [1.82, 2.24) is 5.32 Å². The Morgan fingerprint density at radius 1 is 0.511 bits per heavy atom. The molecule has 5 heteroatoms. The van der Waals surface area contributed by atoms with Crippen molar-refractivity contribution in [2.45, 2.75) is 231 Å². The van der Waals surface area contributed by atoms with Crippen molar-refractivity contribution in [3.8, 4) is 0 Å². The molecule has 1 amide bonds. The second kappa shape index (κ2) is 37.6. The van der Waals surface area contributed by atoms with Gasteiger partial charge in [-0.15, -0.1) is 0 Å². The molecule has 0 aliphatic rings. The number of hydrogen-bond donors (Lipinski definition) is 4. The Bertz CT molecular complexity index is 694. The molecule has 0 rings (SSSR count). The monoisotopic (exact) mass is 664 g/mol. The van der Waals surface area contributed by atoms with Gasteiger partial charge in [0, 0.05) is 6.42 Å². The first-order valence-electron chi connectivity index (χ1n) is 20.6. The Labute approximate surface area is 292 Å². The van der Waals surface area contributed by atoms with Gasteiger partial charge >= 0.3 is 0 Å². The van der Waals surface area contributed by atoms with Crippen LogP contribution in [0.4, 0.5) is 0 Å². The maximum Gasteiger partial charge on any atom is 0.220 e. The molecule has 5 nitrogen and oxygen atoms in total. The molecular weight excluding hydrogens is 582 g/mol. The molecule has 0 saturated carbocycles. The van der Waals surface area contributed by atoms with Gasteiger partial charge < -0.3 is 20.6 Å². The summed E-state index contributed by atoms with van der Waals surface area (Å²) in [7, 11) is 0. The van der Waals surface area contributed by atoms with Crippen molar-refractivity contribution in [2.24, 2.45) is 0 Å². The second-order valence-corrected chi connectivity index (χ2v) is 14.2. The molecule has 0 radical (unpaired) electrons. The number of unbranched alkanes of at least 4 members (excludes halogenated alkanes) is 25. The predicted molar refractivity (Wildman–Crippen MR) is 204 cm³/mol. The van der Waals surface area contributed by atoms with E-state index in [9.17, 15) is 20.1 Å². The standard InChI is InChI=1S/C42H81NO4/c1-3-5-7-9-11-13-15-17-19-20-21-22-23-25-27-29-31-33-35-37-41(46)43-39(38-44)42(47)40(45)36-34-32-30-28-26-24-18-16-14-12-10-8-6-4-2/h20-21,28,30,39-40,42,44-45,47H,3-19,22-27,29,31-38H2,1-2H3,(H,43,46)/b21-20-,30-28+. The van der Waals surface area contributed by atoms with Gasteiger partial charge in [-0.1, -0.05) is 167 Å². The highest BCUT2D eigenvalue weighted by atomic mass is 16.3. The molecule has 0 heterocycles. The Balaban J connectivity index is 3.68. The smallest absolute Gasteiger partial charge is 0.220 e. The Hall–Kier alpha value is -1.17. The quantitative estimate of drug-likeness (QED) is 0.0393. The molecule has 0 aromatic rings. The molecule has 0 saturated heterocycles. The highest BCUT2D eigenvalue weighted by Gasteiger charge is 2.26. The Morgan fingerprint density at radius 2 is 0.851 bits per heavy atom. The summed E-state index contributed by atoms with van der Waals surface area (Å²) in [6.45, 7) is 4.16. The molecule has 0 aromatic carbocycles. The van der Waals surface area contributed by atoms with Gasteiger partial charge in [0.05, 0.1) is 18.8 Å². The molecular formula is C42H81NO4. The minimum absolute atomic E-state index is 0.159. The van der Waals surface area contributed by atoms with Crippen LogP contribution in [-0.4, -0.2) is 46.1 Å². The summed E-state index contributed by atoms with van der Waals surface area (Å²) < 4.78 is 0. The van der Waals surface area contributed by atoms with Crippen molar-refractivity contribution in [3.05, 3.63) is 24.3 Å². The number of aliphatic hydroxyl groups is 3. The number of aliphatic hydroxyl groups excluding tert-OH is 3. The first-order valence-corrected chi connectivity index (χ1v) is 20.6. The summed E-state index contributed by atoms with van der Waals surface area (Å²) in [5.41, 5.74) is 0. The van der Waals surface area contributed by atoms with Crippen LogP contribution in [0.3, 0.4) is 0 Å². The molecule has 3 unspecified atom stereocenters. The number of amides is 1. The summed E-state index contributed by atoms with van der Waals surface area (Å²) in [6, 6.07) is -0.825. The van der Waals surface area contributed by atoms with Crippen molar-refractivity contribution in [3.63, 3.8) is 0 Å². The minimum atomic E-state index is -1.16. The first-order chi connectivity index (χ1) is 23.1.